The lowest BCUT2D eigenvalue weighted by molar-refractivity contribution is 0.0956. The molecular formula is C13H14N4OS. The Labute approximate surface area is 114 Å². The first kappa shape index (κ1) is 12.2. The Kier molecular flexibility index (Phi) is 3.50. The molecular weight excluding hydrogens is 260 g/mol. The Balaban J connectivity index is 1.78. The smallest absolute Gasteiger partial charge is 0.267 e. The van der Waals surface area contributed by atoms with E-state index in [1.165, 1.54) is 30.8 Å². The van der Waals surface area contributed by atoms with Crippen LogP contribution in [0.5, 0.6) is 0 Å². The molecule has 2 aromatic rings. The molecule has 1 fully saturated rings. The summed E-state index contributed by atoms with van der Waals surface area (Å²) >= 11 is 1.23. The number of hydrogen-bond acceptors (Lipinski definition) is 5. The molecule has 1 aliphatic carbocycles. The van der Waals surface area contributed by atoms with Crippen LogP contribution in [0.2, 0.25) is 0 Å². The number of carbonyl (C=O) groups excluding carboxylic acids is 1. The van der Waals surface area contributed by atoms with Crippen LogP contribution in [-0.4, -0.2) is 21.2 Å². The number of hydrazone groups is 1. The molecule has 0 unspecified atom stereocenters. The van der Waals surface area contributed by atoms with Crippen molar-refractivity contribution in [3.05, 3.63) is 23.8 Å². The second-order valence-electron chi connectivity index (χ2n) is 4.61. The maximum absolute atomic E-state index is 12.1. The summed E-state index contributed by atoms with van der Waals surface area (Å²) in [6.45, 7) is 0. The van der Waals surface area contributed by atoms with Gasteiger partial charge in [-0.3, -0.25) is 4.79 Å². The average molecular weight is 274 g/mol. The van der Waals surface area contributed by atoms with Crippen molar-refractivity contribution in [2.45, 2.75) is 32.1 Å². The molecule has 5 nitrogen and oxygen atoms in total. The van der Waals surface area contributed by atoms with Gasteiger partial charge in [0.15, 0.2) is 0 Å². The van der Waals surface area contributed by atoms with Crippen LogP contribution in [0.3, 0.4) is 0 Å². The molecule has 0 saturated heterocycles. The van der Waals surface area contributed by atoms with Crippen LogP contribution in [0.25, 0.3) is 10.2 Å². The second kappa shape index (κ2) is 5.44. The van der Waals surface area contributed by atoms with Gasteiger partial charge >= 0.3 is 0 Å². The van der Waals surface area contributed by atoms with E-state index in [4.69, 9.17) is 0 Å². The number of carbonyl (C=O) groups is 1. The molecule has 19 heavy (non-hydrogen) atoms. The summed E-state index contributed by atoms with van der Waals surface area (Å²) in [7, 11) is 0. The summed E-state index contributed by atoms with van der Waals surface area (Å²) in [4.78, 5) is 12.1. The van der Waals surface area contributed by atoms with Crippen LogP contribution in [0.4, 0.5) is 0 Å². The number of hydrogen-bond donors (Lipinski definition) is 1. The molecule has 1 aromatic carbocycles. The third kappa shape index (κ3) is 2.63. The number of nitrogens with one attached hydrogen (secondary N) is 1. The van der Waals surface area contributed by atoms with Crippen molar-refractivity contribution in [1.29, 1.82) is 0 Å². The topological polar surface area (TPSA) is 67.2 Å². The Morgan fingerprint density at radius 3 is 2.95 bits per heavy atom. The van der Waals surface area contributed by atoms with Crippen molar-refractivity contribution >= 4 is 33.4 Å². The lowest BCUT2D eigenvalue weighted by atomic mass is 9.99. The highest BCUT2D eigenvalue weighted by Gasteiger charge is 2.13. The highest BCUT2D eigenvalue weighted by molar-refractivity contribution is 7.13. The normalized spacial score (nSPS) is 15.5. The van der Waals surface area contributed by atoms with E-state index >= 15 is 0 Å². The predicted molar refractivity (Wildman–Crippen MR) is 75.4 cm³/mol. The number of rotatable bonds is 2. The summed E-state index contributed by atoms with van der Waals surface area (Å²) < 4.78 is 4.68. The Morgan fingerprint density at radius 2 is 2.11 bits per heavy atom. The standard InChI is InChI=1S/C13H14N4OS/c18-13(16-14-9-5-2-1-3-6-9)10-7-4-8-11-12(10)19-17-15-11/h4,7-8H,1-3,5-6H2,(H,16,18). The van der Waals surface area contributed by atoms with E-state index in [2.05, 4.69) is 20.1 Å². The third-order valence-electron chi connectivity index (χ3n) is 3.27. The van der Waals surface area contributed by atoms with E-state index in [1.54, 1.807) is 6.07 Å². The molecule has 0 atom stereocenters. The maximum atomic E-state index is 12.1. The van der Waals surface area contributed by atoms with Gasteiger partial charge in [-0.05, 0) is 49.3 Å². The molecule has 0 radical (unpaired) electrons. The van der Waals surface area contributed by atoms with Gasteiger partial charge < -0.3 is 0 Å². The van der Waals surface area contributed by atoms with Crippen molar-refractivity contribution in [2.24, 2.45) is 5.10 Å². The maximum Gasteiger partial charge on any atom is 0.272 e. The molecule has 1 N–H and O–H groups in total. The van der Waals surface area contributed by atoms with Crippen LogP contribution in [0.15, 0.2) is 23.3 Å². The first-order chi connectivity index (χ1) is 9.34. The Morgan fingerprint density at radius 1 is 1.26 bits per heavy atom. The van der Waals surface area contributed by atoms with Crippen LogP contribution in [-0.2, 0) is 0 Å². The fraction of sp³-hybridized carbons (Fsp3) is 0.385. The van der Waals surface area contributed by atoms with Gasteiger partial charge in [-0.15, -0.1) is 5.10 Å². The molecule has 1 amide bonds. The summed E-state index contributed by atoms with van der Waals surface area (Å²) in [5.74, 6) is -0.185. The van der Waals surface area contributed by atoms with Gasteiger partial charge in [-0.1, -0.05) is 17.0 Å². The highest BCUT2D eigenvalue weighted by atomic mass is 32.1. The van der Waals surface area contributed by atoms with Gasteiger partial charge in [0.2, 0.25) is 0 Å². The first-order valence-electron chi connectivity index (χ1n) is 6.41. The van der Waals surface area contributed by atoms with E-state index in [0.29, 0.717) is 5.56 Å². The van der Waals surface area contributed by atoms with E-state index in [-0.39, 0.29) is 5.91 Å². The lowest BCUT2D eigenvalue weighted by Crippen LogP contribution is -2.20. The number of aromatic nitrogens is 2. The van der Waals surface area contributed by atoms with E-state index in [9.17, 15) is 4.79 Å². The Hall–Kier alpha value is -1.82. The third-order valence-corrected chi connectivity index (χ3v) is 4.04. The SMILES string of the molecule is O=C(NN=C1CCCCC1)c1cccc2nnsc12. The summed E-state index contributed by atoms with van der Waals surface area (Å²) in [5.41, 5.74) is 5.09. The molecule has 0 spiro atoms. The fourth-order valence-corrected chi connectivity index (χ4v) is 2.92. The monoisotopic (exact) mass is 274 g/mol. The zero-order valence-corrected chi connectivity index (χ0v) is 11.2. The molecule has 1 aliphatic rings. The largest absolute Gasteiger partial charge is 0.272 e. The van der Waals surface area contributed by atoms with Crippen molar-refractivity contribution in [3.8, 4) is 0 Å². The molecule has 6 heteroatoms. The van der Waals surface area contributed by atoms with Gasteiger partial charge in [-0.25, -0.2) is 5.43 Å². The molecule has 1 heterocycles. The number of fused-ring (bicyclic) bond motifs is 1. The van der Waals surface area contributed by atoms with Gasteiger partial charge in [0, 0.05) is 5.71 Å². The first-order valence-corrected chi connectivity index (χ1v) is 7.19. The van der Waals surface area contributed by atoms with Crippen molar-refractivity contribution in [1.82, 2.24) is 15.0 Å². The minimum atomic E-state index is -0.185. The van der Waals surface area contributed by atoms with Gasteiger partial charge in [0.05, 0.1) is 10.3 Å². The second-order valence-corrected chi connectivity index (χ2v) is 5.36. The van der Waals surface area contributed by atoms with Gasteiger partial charge in [-0.2, -0.15) is 5.10 Å². The van der Waals surface area contributed by atoms with E-state index in [0.717, 1.165) is 28.8 Å². The number of benzene rings is 1. The zero-order valence-electron chi connectivity index (χ0n) is 10.4. The average Bonchev–Trinajstić information content (AvgIpc) is 2.94. The van der Waals surface area contributed by atoms with Crippen LogP contribution < -0.4 is 5.43 Å². The zero-order chi connectivity index (χ0) is 13.1. The van der Waals surface area contributed by atoms with Crippen molar-refractivity contribution in [3.63, 3.8) is 0 Å². The summed E-state index contributed by atoms with van der Waals surface area (Å²) in [6.07, 6.45) is 5.59. The summed E-state index contributed by atoms with van der Waals surface area (Å²) in [5, 5.41) is 8.20. The molecule has 3 rings (SSSR count). The molecule has 1 aromatic heterocycles. The minimum absolute atomic E-state index is 0.185. The summed E-state index contributed by atoms with van der Waals surface area (Å²) in [6, 6.07) is 5.44. The molecule has 0 bridgehead atoms. The highest BCUT2D eigenvalue weighted by Crippen LogP contribution is 2.20. The van der Waals surface area contributed by atoms with E-state index < -0.39 is 0 Å². The molecule has 1 saturated carbocycles. The molecule has 98 valence electrons. The van der Waals surface area contributed by atoms with Gasteiger partial charge in [0.1, 0.15) is 5.52 Å². The molecule has 0 aliphatic heterocycles. The predicted octanol–water partition coefficient (Wildman–Crippen LogP) is 2.74. The van der Waals surface area contributed by atoms with E-state index in [1.807, 2.05) is 12.1 Å². The van der Waals surface area contributed by atoms with Gasteiger partial charge in [0.25, 0.3) is 5.91 Å². The van der Waals surface area contributed by atoms with Crippen molar-refractivity contribution in [2.75, 3.05) is 0 Å². The number of amides is 1. The number of nitrogens with zero attached hydrogens (tertiary/aromatic N) is 3. The van der Waals surface area contributed by atoms with Crippen LogP contribution >= 0.6 is 11.5 Å². The van der Waals surface area contributed by atoms with Crippen LogP contribution in [0, 0.1) is 0 Å². The fourth-order valence-electron chi connectivity index (χ4n) is 2.25. The Bertz CT molecular complexity index is 626. The lowest BCUT2D eigenvalue weighted by Gasteiger charge is -2.12. The minimum Gasteiger partial charge on any atom is -0.267 e. The van der Waals surface area contributed by atoms with Crippen LogP contribution in [0.1, 0.15) is 42.5 Å². The quantitative estimate of drug-likeness (QED) is 0.856. The van der Waals surface area contributed by atoms with Crippen molar-refractivity contribution < 1.29 is 4.79 Å².